The van der Waals surface area contributed by atoms with Gasteiger partial charge >= 0.3 is 6.09 Å². The number of benzene rings is 2. The van der Waals surface area contributed by atoms with E-state index in [4.69, 9.17) is 24.2 Å². The highest BCUT2D eigenvalue weighted by Gasteiger charge is 2.64. The molecule has 2 aromatic carbocycles. The number of fused-ring (bicyclic) bond motifs is 2. The number of oxime groups is 1. The number of rotatable bonds is 30. The van der Waals surface area contributed by atoms with Gasteiger partial charge in [-0.2, -0.15) is 11.8 Å². The molecule has 10 nitrogen and oxygen atoms in total. The van der Waals surface area contributed by atoms with Crippen molar-refractivity contribution in [2.45, 2.75) is 146 Å². The lowest BCUT2D eigenvalue weighted by molar-refractivity contribution is -0.223. The molecule has 3 aliphatic rings. The average molecular weight is 910 g/mol. The Balaban J connectivity index is 1.32. The van der Waals surface area contributed by atoms with E-state index in [1.165, 1.54) is 56.9 Å². The van der Waals surface area contributed by atoms with E-state index in [1.807, 2.05) is 72.7 Å². The summed E-state index contributed by atoms with van der Waals surface area (Å²) >= 11 is 1.84. The molecule has 3 aromatic rings. The van der Waals surface area contributed by atoms with Gasteiger partial charge in [-0.15, -0.1) is 6.58 Å². The van der Waals surface area contributed by atoms with Gasteiger partial charge in [0, 0.05) is 50.1 Å². The molecule has 1 aromatic heterocycles. The van der Waals surface area contributed by atoms with E-state index < -0.39 is 11.9 Å². The topological polar surface area (TPSA) is 132 Å². The van der Waals surface area contributed by atoms with E-state index in [1.54, 1.807) is 6.08 Å². The molecule has 0 unspecified atom stereocenters. The SMILES string of the molecule is C=CCO[C@@]12Oc3ccc(OC(=O)NCCCCCCCCCCCC)cc3[C@H]3[C@H](CCCCO)[C@@H](CCCCO)C=C(C(=NOCc4ccccc4)C[C@@H]1SCCc1ccncc1)[C@H]32. The Morgan fingerprint density at radius 2 is 1.63 bits per heavy atom. The molecule has 0 radical (unpaired) electrons. The van der Waals surface area contributed by atoms with Crippen LogP contribution in [0.1, 0.15) is 139 Å². The first-order chi connectivity index (χ1) is 32.0. The van der Waals surface area contributed by atoms with Gasteiger partial charge < -0.3 is 34.6 Å². The molecule has 65 heavy (non-hydrogen) atoms. The maximum Gasteiger partial charge on any atom is 0.412 e. The molecular weight excluding hydrogens is 835 g/mol. The second-order valence-corrected chi connectivity index (χ2v) is 19.3. The molecule has 3 N–H and O–H groups in total. The Morgan fingerprint density at radius 1 is 0.908 bits per heavy atom. The van der Waals surface area contributed by atoms with Gasteiger partial charge in [-0.3, -0.25) is 4.98 Å². The summed E-state index contributed by atoms with van der Waals surface area (Å²) in [5.74, 6) is 0.810. The van der Waals surface area contributed by atoms with Crippen LogP contribution in [-0.2, 0) is 22.6 Å². The van der Waals surface area contributed by atoms with E-state index in [0.29, 0.717) is 44.8 Å². The molecule has 1 amide bonds. The van der Waals surface area contributed by atoms with Gasteiger partial charge in [0.15, 0.2) is 0 Å². The highest BCUT2D eigenvalue weighted by Crippen LogP contribution is 2.62. The molecule has 354 valence electrons. The molecule has 1 saturated carbocycles. The van der Waals surface area contributed by atoms with Gasteiger partial charge in [0.1, 0.15) is 18.1 Å². The molecule has 2 aliphatic carbocycles. The first kappa shape index (κ1) is 50.3. The number of aromatic nitrogens is 1. The smallest absolute Gasteiger partial charge is 0.412 e. The fourth-order valence-electron chi connectivity index (χ4n) is 10.1. The summed E-state index contributed by atoms with van der Waals surface area (Å²) in [4.78, 5) is 23.8. The van der Waals surface area contributed by atoms with Crippen LogP contribution in [0.2, 0.25) is 0 Å². The molecule has 6 rings (SSSR count). The fraction of sp³-hybridized carbons (Fsp3) is 0.574. The van der Waals surface area contributed by atoms with E-state index in [0.717, 1.165) is 78.9 Å². The normalized spacial score (nSPS) is 22.6. The van der Waals surface area contributed by atoms with Gasteiger partial charge in [-0.05, 0) is 103 Å². The van der Waals surface area contributed by atoms with Crippen LogP contribution in [0.5, 0.6) is 11.5 Å². The number of hydrogen-bond donors (Lipinski definition) is 3. The number of nitrogens with one attached hydrogen (secondary N) is 1. The molecule has 0 saturated heterocycles. The van der Waals surface area contributed by atoms with E-state index >= 15 is 0 Å². The van der Waals surface area contributed by atoms with E-state index in [9.17, 15) is 15.0 Å². The van der Waals surface area contributed by atoms with Crippen molar-refractivity contribution in [3.8, 4) is 11.5 Å². The van der Waals surface area contributed by atoms with Crippen LogP contribution in [0.3, 0.4) is 0 Å². The summed E-state index contributed by atoms with van der Waals surface area (Å²) in [6.45, 7) is 7.79. The fourth-order valence-corrected chi connectivity index (χ4v) is 11.5. The lowest BCUT2D eigenvalue weighted by Gasteiger charge is -2.58. The lowest BCUT2D eigenvalue weighted by Crippen LogP contribution is -2.64. The van der Waals surface area contributed by atoms with Crippen molar-refractivity contribution in [1.29, 1.82) is 0 Å². The van der Waals surface area contributed by atoms with Crippen molar-refractivity contribution in [1.82, 2.24) is 10.3 Å². The number of amides is 1. The van der Waals surface area contributed by atoms with Gasteiger partial charge in [0.25, 0.3) is 0 Å². The average Bonchev–Trinajstić information content (AvgIpc) is 3.32. The Bertz CT molecular complexity index is 1930. The van der Waals surface area contributed by atoms with Crippen molar-refractivity contribution in [2.75, 3.05) is 32.1 Å². The molecule has 2 heterocycles. The Hall–Kier alpha value is -4.16. The first-order valence-corrected chi connectivity index (χ1v) is 25.8. The third-order valence-electron chi connectivity index (χ3n) is 13.3. The number of unbranched alkanes of at least 4 members (excludes halogenated alkanes) is 11. The van der Waals surface area contributed by atoms with Crippen molar-refractivity contribution >= 4 is 23.6 Å². The highest BCUT2D eigenvalue weighted by molar-refractivity contribution is 8.00. The summed E-state index contributed by atoms with van der Waals surface area (Å²) in [6, 6.07) is 20.0. The van der Waals surface area contributed by atoms with Gasteiger partial charge in [0.05, 0.1) is 23.5 Å². The zero-order valence-corrected chi connectivity index (χ0v) is 39.7. The minimum Gasteiger partial charge on any atom is -0.460 e. The largest absolute Gasteiger partial charge is 0.460 e. The van der Waals surface area contributed by atoms with Crippen molar-refractivity contribution < 1.29 is 34.1 Å². The molecule has 1 fully saturated rings. The molecule has 0 spiro atoms. The molecule has 6 atom stereocenters. The zero-order valence-electron chi connectivity index (χ0n) is 38.9. The predicted molar refractivity (Wildman–Crippen MR) is 262 cm³/mol. The number of carbonyl (C=O) groups excluding carboxylic acids is 1. The first-order valence-electron chi connectivity index (χ1n) is 24.7. The second kappa shape index (κ2) is 27.5. The number of nitrogens with zero attached hydrogens (tertiary/aromatic N) is 2. The molecule has 1 aliphatic heterocycles. The number of carbonyl (C=O) groups is 1. The second-order valence-electron chi connectivity index (χ2n) is 18.0. The van der Waals surface area contributed by atoms with Crippen LogP contribution >= 0.6 is 11.8 Å². The van der Waals surface area contributed by atoms with Gasteiger partial charge in [0.2, 0.25) is 5.79 Å². The number of ether oxygens (including phenoxy) is 3. The van der Waals surface area contributed by atoms with Crippen LogP contribution in [0.4, 0.5) is 4.79 Å². The maximum atomic E-state index is 13.3. The van der Waals surface area contributed by atoms with Gasteiger partial charge in [-0.1, -0.05) is 125 Å². The summed E-state index contributed by atoms with van der Waals surface area (Å²) in [5, 5.41) is 27.7. The molecule has 0 bridgehead atoms. The van der Waals surface area contributed by atoms with Gasteiger partial charge in [-0.25, -0.2) is 4.79 Å². The van der Waals surface area contributed by atoms with Crippen molar-refractivity contribution in [3.05, 3.63) is 114 Å². The van der Waals surface area contributed by atoms with Crippen LogP contribution < -0.4 is 14.8 Å². The number of aryl methyl sites for hydroxylation is 1. The molecular formula is C54H75N3O7S. The number of hydrogen-bond acceptors (Lipinski definition) is 10. The zero-order chi connectivity index (χ0) is 45.5. The minimum absolute atomic E-state index is 0.109. The number of thioether (sulfide) groups is 1. The monoisotopic (exact) mass is 910 g/mol. The highest BCUT2D eigenvalue weighted by atomic mass is 32.2. The van der Waals surface area contributed by atoms with E-state index in [2.05, 4.69) is 42.0 Å². The summed E-state index contributed by atoms with van der Waals surface area (Å²) < 4.78 is 20.5. The number of aliphatic hydroxyl groups excluding tert-OH is 2. The minimum atomic E-state index is -1.08. The van der Waals surface area contributed by atoms with Crippen LogP contribution in [0, 0.1) is 17.8 Å². The predicted octanol–water partition coefficient (Wildman–Crippen LogP) is 11.9. The van der Waals surface area contributed by atoms with E-state index in [-0.39, 0.29) is 42.1 Å². The lowest BCUT2D eigenvalue weighted by atomic mass is 9.56. The van der Waals surface area contributed by atoms with Crippen molar-refractivity contribution in [3.63, 3.8) is 0 Å². The maximum absolute atomic E-state index is 13.3. The standard InChI is InChI=1S/C54H75N3O7S/c1-3-5-6-7-8-9-10-11-12-18-30-56-53(60)63-44-25-26-49-47(38-44)51-45(24-17-20-34-59)43(23-16-19-33-58)37-46-48(57-62-40-42-21-14-13-15-22-42)39-50(54(64-49,52(46)51)61-35-4-2)65-36-29-41-27-31-55-32-28-41/h4,13-15,21-22,25-28,31-32,37-38,43,45,50-52,58-59H,2-3,5-12,16-20,23-24,29-30,33-36,39-40H2,1H3,(H,56,60)/t43-,45+,50-,51+,52+,54+/m0/s1. The third kappa shape index (κ3) is 14.4. The van der Waals surface area contributed by atoms with Crippen molar-refractivity contribution in [2.24, 2.45) is 22.9 Å². The Kier molecular flexibility index (Phi) is 21.2. The number of aliphatic hydroxyl groups is 2. The van der Waals surface area contributed by atoms with Crippen LogP contribution in [0.15, 0.2) is 103 Å². The Morgan fingerprint density at radius 3 is 2.35 bits per heavy atom. The third-order valence-corrected chi connectivity index (χ3v) is 14.7. The van der Waals surface area contributed by atoms with Crippen LogP contribution in [0.25, 0.3) is 0 Å². The van der Waals surface area contributed by atoms with Crippen LogP contribution in [-0.4, -0.2) is 70.2 Å². The molecule has 11 heteroatoms. The Labute approximate surface area is 393 Å². The summed E-state index contributed by atoms with van der Waals surface area (Å²) in [7, 11) is 0. The number of pyridine rings is 1. The summed E-state index contributed by atoms with van der Waals surface area (Å²) in [5.41, 5.74) is 5.19. The number of allylic oxidation sites excluding steroid dienone is 1. The quantitative estimate of drug-likeness (QED) is 0.0340. The summed E-state index contributed by atoms with van der Waals surface area (Å²) in [6.07, 6.45) is 26.0.